The van der Waals surface area contributed by atoms with E-state index in [1.165, 1.54) is 6.33 Å². The molecule has 0 atom stereocenters. The first kappa shape index (κ1) is 18.2. The number of nitrogens with one attached hydrogen (secondary N) is 3. The Labute approximate surface area is 167 Å². The number of pyridine rings is 1. The van der Waals surface area contributed by atoms with Crippen molar-refractivity contribution in [2.75, 3.05) is 16.5 Å². The van der Waals surface area contributed by atoms with Gasteiger partial charge in [-0.1, -0.05) is 36.4 Å². The number of nitrogens with zero attached hydrogens (tertiary/aromatic N) is 3. The summed E-state index contributed by atoms with van der Waals surface area (Å²) in [6, 6.07) is 18.6. The van der Waals surface area contributed by atoms with Crippen molar-refractivity contribution in [1.29, 1.82) is 0 Å². The molecule has 0 aliphatic carbocycles. The highest BCUT2D eigenvalue weighted by Gasteiger charge is 2.12. The summed E-state index contributed by atoms with van der Waals surface area (Å²) in [5.74, 6) is 0.398. The fourth-order valence-corrected chi connectivity index (χ4v) is 2.85. The van der Waals surface area contributed by atoms with Crippen molar-refractivity contribution in [2.45, 2.75) is 6.92 Å². The van der Waals surface area contributed by atoms with Gasteiger partial charge >= 0.3 is 0 Å². The van der Waals surface area contributed by atoms with E-state index in [4.69, 9.17) is 5.73 Å². The zero-order valence-corrected chi connectivity index (χ0v) is 15.7. The molecule has 0 aliphatic rings. The topological polar surface area (TPSA) is 118 Å². The maximum atomic E-state index is 12.2. The Kier molecular flexibility index (Phi) is 4.90. The van der Waals surface area contributed by atoms with E-state index in [-0.39, 0.29) is 17.4 Å². The van der Waals surface area contributed by atoms with Gasteiger partial charge in [0.2, 0.25) is 0 Å². The van der Waals surface area contributed by atoms with E-state index in [0.29, 0.717) is 11.4 Å². The van der Waals surface area contributed by atoms with Gasteiger partial charge in [0.05, 0.1) is 11.2 Å². The first-order valence-corrected chi connectivity index (χ1v) is 8.97. The molecule has 5 N–H and O–H groups in total. The Morgan fingerprint density at radius 3 is 2.55 bits per heavy atom. The third kappa shape index (κ3) is 3.91. The molecule has 0 saturated heterocycles. The number of rotatable bonds is 5. The third-order valence-electron chi connectivity index (χ3n) is 4.33. The number of nitrogens with two attached hydrogens (primary N) is 1. The van der Waals surface area contributed by atoms with Gasteiger partial charge < -0.3 is 11.1 Å². The maximum Gasteiger partial charge on any atom is 0.269 e. The fourth-order valence-electron chi connectivity index (χ4n) is 2.85. The number of nitrogen functional groups attached to an aromatic ring is 1. The van der Waals surface area contributed by atoms with E-state index in [9.17, 15) is 4.79 Å². The van der Waals surface area contributed by atoms with Crippen LogP contribution in [0.5, 0.6) is 0 Å². The molecule has 0 saturated carbocycles. The van der Waals surface area contributed by atoms with E-state index in [1.54, 1.807) is 24.3 Å². The summed E-state index contributed by atoms with van der Waals surface area (Å²) in [6.07, 6.45) is 1.36. The Hall–Kier alpha value is -4.20. The van der Waals surface area contributed by atoms with Crippen LogP contribution in [0.25, 0.3) is 10.9 Å². The molecule has 0 fully saturated rings. The number of aryl methyl sites for hydroxylation is 1. The largest absolute Gasteiger partial charge is 0.393 e. The van der Waals surface area contributed by atoms with Crippen molar-refractivity contribution in [3.05, 3.63) is 78.2 Å². The minimum absolute atomic E-state index is 0.269. The second kappa shape index (κ2) is 7.81. The predicted molar refractivity (Wildman–Crippen MR) is 114 cm³/mol. The van der Waals surface area contributed by atoms with Gasteiger partial charge in [-0.15, -0.1) is 0 Å². The van der Waals surface area contributed by atoms with Crippen LogP contribution in [-0.2, 0) is 0 Å². The highest BCUT2D eigenvalue weighted by molar-refractivity contribution is 5.96. The number of para-hydroxylation sites is 1. The van der Waals surface area contributed by atoms with E-state index in [2.05, 4.69) is 31.1 Å². The van der Waals surface area contributed by atoms with Gasteiger partial charge in [-0.2, -0.15) is 0 Å². The summed E-state index contributed by atoms with van der Waals surface area (Å²) in [4.78, 5) is 25.1. The van der Waals surface area contributed by atoms with Crippen LogP contribution >= 0.6 is 0 Å². The van der Waals surface area contributed by atoms with Gasteiger partial charge in [0.25, 0.3) is 5.91 Å². The second-order valence-electron chi connectivity index (χ2n) is 6.38. The normalized spacial score (nSPS) is 10.5. The van der Waals surface area contributed by atoms with Crippen molar-refractivity contribution >= 4 is 39.8 Å². The molecule has 4 rings (SSSR count). The molecule has 4 aromatic rings. The first-order chi connectivity index (χ1) is 14.1. The van der Waals surface area contributed by atoms with E-state index in [1.807, 2.05) is 43.3 Å². The van der Waals surface area contributed by atoms with Gasteiger partial charge in [-0.3, -0.25) is 20.6 Å². The average molecular weight is 385 g/mol. The molecule has 0 aliphatic heterocycles. The lowest BCUT2D eigenvalue weighted by atomic mass is 10.1. The fraction of sp³-hybridized carbons (Fsp3) is 0.0476. The van der Waals surface area contributed by atoms with Crippen molar-refractivity contribution in [2.24, 2.45) is 0 Å². The quantitative estimate of drug-likeness (QED) is 0.389. The summed E-state index contributed by atoms with van der Waals surface area (Å²) in [7, 11) is 0. The molecule has 0 bridgehead atoms. The molecule has 1 amide bonds. The molecule has 8 heteroatoms. The summed E-state index contributed by atoms with van der Waals surface area (Å²) in [5, 5.41) is 4.21. The molecular formula is C21H19N7O. The zero-order chi connectivity index (χ0) is 20.2. The van der Waals surface area contributed by atoms with Crippen molar-refractivity contribution in [3.63, 3.8) is 0 Å². The second-order valence-corrected chi connectivity index (χ2v) is 6.38. The number of hydrogen-bond donors (Lipinski definition) is 4. The Morgan fingerprint density at radius 2 is 1.72 bits per heavy atom. The van der Waals surface area contributed by atoms with E-state index >= 15 is 0 Å². The van der Waals surface area contributed by atoms with Crippen LogP contribution in [-0.4, -0.2) is 20.9 Å². The lowest BCUT2D eigenvalue weighted by molar-refractivity contribution is 0.0962. The summed E-state index contributed by atoms with van der Waals surface area (Å²) in [5.41, 5.74) is 14.8. The van der Waals surface area contributed by atoms with E-state index < -0.39 is 0 Å². The SMILES string of the molecule is Cc1ccc2cccc(Nc3ncnc(NNC(=O)c4ccccc4)c3N)c2n1. The van der Waals surface area contributed by atoms with Crippen LogP contribution in [0.4, 0.5) is 23.0 Å². The van der Waals surface area contributed by atoms with Crippen LogP contribution in [0.15, 0.2) is 67.0 Å². The molecule has 0 spiro atoms. The van der Waals surface area contributed by atoms with Crippen LogP contribution in [0, 0.1) is 6.92 Å². The number of aromatic nitrogens is 3. The van der Waals surface area contributed by atoms with E-state index in [0.717, 1.165) is 22.3 Å². The van der Waals surface area contributed by atoms with Gasteiger partial charge in [-0.25, -0.2) is 9.97 Å². The minimum atomic E-state index is -0.299. The summed E-state index contributed by atoms with van der Waals surface area (Å²) < 4.78 is 0. The molecule has 144 valence electrons. The predicted octanol–water partition coefficient (Wildman–Crippen LogP) is 3.42. The van der Waals surface area contributed by atoms with Crippen LogP contribution in [0.3, 0.4) is 0 Å². The average Bonchev–Trinajstić information content (AvgIpc) is 2.75. The van der Waals surface area contributed by atoms with Gasteiger partial charge in [0.1, 0.15) is 12.0 Å². The van der Waals surface area contributed by atoms with Gasteiger partial charge in [-0.05, 0) is 31.2 Å². The number of carbonyl (C=O) groups is 1. The molecular weight excluding hydrogens is 366 g/mol. The molecule has 29 heavy (non-hydrogen) atoms. The van der Waals surface area contributed by atoms with Crippen molar-refractivity contribution in [3.8, 4) is 0 Å². The van der Waals surface area contributed by atoms with Crippen molar-refractivity contribution < 1.29 is 4.79 Å². The Morgan fingerprint density at radius 1 is 0.931 bits per heavy atom. The number of anilines is 4. The number of fused-ring (bicyclic) bond motifs is 1. The molecule has 0 radical (unpaired) electrons. The molecule has 2 heterocycles. The molecule has 2 aromatic carbocycles. The van der Waals surface area contributed by atoms with Gasteiger partial charge in [0, 0.05) is 16.6 Å². The molecule has 8 nitrogen and oxygen atoms in total. The lowest BCUT2D eigenvalue weighted by Crippen LogP contribution is -2.30. The van der Waals surface area contributed by atoms with Gasteiger partial charge in [0.15, 0.2) is 11.6 Å². The Bertz CT molecular complexity index is 1180. The Balaban J connectivity index is 1.56. The number of amides is 1. The summed E-state index contributed by atoms with van der Waals surface area (Å²) >= 11 is 0. The molecule has 2 aromatic heterocycles. The minimum Gasteiger partial charge on any atom is -0.393 e. The number of carbonyl (C=O) groups excluding carboxylic acids is 1. The highest BCUT2D eigenvalue weighted by Crippen LogP contribution is 2.29. The first-order valence-electron chi connectivity index (χ1n) is 8.97. The monoisotopic (exact) mass is 385 g/mol. The van der Waals surface area contributed by atoms with Crippen LogP contribution in [0.1, 0.15) is 16.1 Å². The lowest BCUT2D eigenvalue weighted by Gasteiger charge is -2.14. The van der Waals surface area contributed by atoms with Crippen molar-refractivity contribution in [1.82, 2.24) is 20.4 Å². The number of hydrazine groups is 1. The number of benzene rings is 2. The number of hydrogen-bond acceptors (Lipinski definition) is 7. The third-order valence-corrected chi connectivity index (χ3v) is 4.33. The van der Waals surface area contributed by atoms with Crippen LogP contribution in [0.2, 0.25) is 0 Å². The van der Waals surface area contributed by atoms with Crippen LogP contribution < -0.4 is 21.9 Å². The highest BCUT2D eigenvalue weighted by atomic mass is 16.2. The zero-order valence-electron chi connectivity index (χ0n) is 15.7. The molecule has 0 unspecified atom stereocenters. The summed E-state index contributed by atoms with van der Waals surface area (Å²) in [6.45, 7) is 1.94. The smallest absolute Gasteiger partial charge is 0.269 e. The standard InChI is InChI=1S/C21H19N7O/c1-13-10-11-14-8-5-9-16(18(14)25-13)26-19-17(22)20(24-12-23-19)27-28-21(29)15-6-3-2-4-7-15/h2-12H,22H2,1H3,(H,28,29)(H2,23,24,26,27). The maximum absolute atomic E-state index is 12.2.